The molecule has 1 aliphatic carbocycles. The Morgan fingerprint density at radius 1 is 1.03 bits per heavy atom. The highest BCUT2D eigenvalue weighted by Crippen LogP contribution is 2.44. The van der Waals surface area contributed by atoms with Gasteiger partial charge in [-0.15, -0.1) is 0 Å². The number of benzene rings is 2. The van der Waals surface area contributed by atoms with E-state index in [9.17, 15) is 14.7 Å². The smallest absolute Gasteiger partial charge is 0.407 e. The number of ether oxygens (including phenoxy) is 1. The summed E-state index contributed by atoms with van der Waals surface area (Å²) in [6.45, 7) is 2.87. The number of nitrogens with zero attached hydrogens (tertiary/aromatic N) is 1. The second-order valence-corrected chi connectivity index (χ2v) is 7.35. The van der Waals surface area contributed by atoms with Gasteiger partial charge in [0.15, 0.2) is 0 Å². The van der Waals surface area contributed by atoms with Crippen LogP contribution in [0.2, 0.25) is 0 Å². The van der Waals surface area contributed by atoms with Gasteiger partial charge in [0.1, 0.15) is 12.6 Å². The van der Waals surface area contributed by atoms with Crippen LogP contribution in [0.4, 0.5) is 4.79 Å². The van der Waals surface area contributed by atoms with Gasteiger partial charge in [0.25, 0.3) is 0 Å². The zero-order chi connectivity index (χ0) is 21.1. The summed E-state index contributed by atoms with van der Waals surface area (Å²) in [5, 5.41) is 12.0. The minimum absolute atomic E-state index is 0.0660. The molecule has 1 atom stereocenters. The van der Waals surface area contributed by atoms with Gasteiger partial charge >= 0.3 is 12.1 Å². The largest absolute Gasteiger partial charge is 0.480 e. The minimum atomic E-state index is -1.09. The summed E-state index contributed by atoms with van der Waals surface area (Å²) in [4.78, 5) is 24.1. The van der Waals surface area contributed by atoms with E-state index >= 15 is 0 Å². The predicted octanol–water partition coefficient (Wildman–Crippen LogP) is 4.04. The Balaban J connectivity index is 1.43. The third-order valence-electron chi connectivity index (χ3n) is 5.61. The van der Waals surface area contributed by atoms with Crippen LogP contribution in [0.15, 0.2) is 66.9 Å². The standard InChI is InChI=1S/C24H24N2O4/c1-2-26-13-7-8-16(26)14-22(23(27)28)25-24(29)30-15-21-19-11-5-3-9-17(19)18-10-4-6-12-20(18)21/h3-13,21-22H,2,14-15H2,1H3,(H,25,29)(H,27,28). The van der Waals surface area contributed by atoms with E-state index in [1.165, 1.54) is 0 Å². The Labute approximate surface area is 175 Å². The zero-order valence-electron chi connectivity index (χ0n) is 16.7. The topological polar surface area (TPSA) is 80.6 Å². The van der Waals surface area contributed by atoms with Gasteiger partial charge in [0, 0.05) is 30.8 Å². The molecule has 1 amide bonds. The number of aromatic nitrogens is 1. The van der Waals surface area contributed by atoms with Crippen LogP contribution in [0, 0.1) is 0 Å². The van der Waals surface area contributed by atoms with E-state index in [2.05, 4.69) is 17.4 Å². The molecule has 1 heterocycles. The molecule has 0 aliphatic heterocycles. The van der Waals surface area contributed by atoms with Gasteiger partial charge in [-0.2, -0.15) is 0 Å². The predicted molar refractivity (Wildman–Crippen MR) is 113 cm³/mol. The number of hydrogen-bond donors (Lipinski definition) is 2. The molecule has 30 heavy (non-hydrogen) atoms. The summed E-state index contributed by atoms with van der Waals surface area (Å²) in [6.07, 6.45) is 1.36. The minimum Gasteiger partial charge on any atom is -0.480 e. The normalized spacial score (nSPS) is 13.4. The Kier molecular flexibility index (Phi) is 5.57. The monoisotopic (exact) mass is 404 g/mol. The van der Waals surface area contributed by atoms with Crippen molar-refractivity contribution in [3.05, 3.63) is 83.7 Å². The van der Waals surface area contributed by atoms with Crippen molar-refractivity contribution < 1.29 is 19.4 Å². The van der Waals surface area contributed by atoms with Crippen molar-refractivity contribution in [2.75, 3.05) is 6.61 Å². The molecule has 6 heteroatoms. The van der Waals surface area contributed by atoms with Crippen LogP contribution < -0.4 is 5.32 Å². The number of carbonyl (C=O) groups is 2. The van der Waals surface area contributed by atoms with Crippen molar-refractivity contribution in [3.63, 3.8) is 0 Å². The lowest BCUT2D eigenvalue weighted by atomic mass is 9.98. The molecule has 2 N–H and O–H groups in total. The lowest BCUT2D eigenvalue weighted by Crippen LogP contribution is -2.43. The van der Waals surface area contributed by atoms with Crippen LogP contribution >= 0.6 is 0 Å². The van der Waals surface area contributed by atoms with Crippen LogP contribution in [0.1, 0.15) is 29.7 Å². The number of aliphatic carboxylic acids is 1. The summed E-state index contributed by atoms with van der Waals surface area (Å²) in [5.41, 5.74) is 5.37. The number of carbonyl (C=O) groups excluding carboxylic acids is 1. The van der Waals surface area contributed by atoms with Crippen LogP contribution in [-0.2, 0) is 22.5 Å². The highest BCUT2D eigenvalue weighted by molar-refractivity contribution is 5.81. The van der Waals surface area contributed by atoms with Gasteiger partial charge in [-0.05, 0) is 41.3 Å². The fourth-order valence-corrected chi connectivity index (χ4v) is 4.13. The molecule has 0 radical (unpaired) electrons. The van der Waals surface area contributed by atoms with Crippen LogP contribution in [0.3, 0.4) is 0 Å². The van der Waals surface area contributed by atoms with Crippen molar-refractivity contribution in [1.82, 2.24) is 9.88 Å². The number of fused-ring (bicyclic) bond motifs is 3. The quantitative estimate of drug-likeness (QED) is 0.623. The SMILES string of the molecule is CCn1cccc1CC(NC(=O)OCC1c2ccccc2-c2ccccc21)C(=O)O. The maximum Gasteiger partial charge on any atom is 0.407 e. The van der Waals surface area contributed by atoms with E-state index in [-0.39, 0.29) is 18.9 Å². The van der Waals surface area contributed by atoms with Crippen LogP contribution in [0.25, 0.3) is 11.1 Å². The average Bonchev–Trinajstić information content (AvgIpc) is 3.33. The number of aryl methyl sites for hydroxylation is 1. The fourth-order valence-electron chi connectivity index (χ4n) is 4.13. The van der Waals surface area contributed by atoms with E-state index in [0.29, 0.717) is 0 Å². The van der Waals surface area contributed by atoms with Crippen molar-refractivity contribution in [2.24, 2.45) is 0 Å². The first kappa shape index (κ1) is 19.8. The Morgan fingerprint density at radius 2 is 1.67 bits per heavy atom. The molecule has 2 aromatic carbocycles. The third-order valence-corrected chi connectivity index (χ3v) is 5.61. The first-order valence-corrected chi connectivity index (χ1v) is 10.1. The van der Waals surface area contributed by atoms with Gasteiger partial charge in [-0.25, -0.2) is 9.59 Å². The molecule has 3 aromatic rings. The number of carboxylic acids is 1. The maximum atomic E-state index is 12.4. The Bertz CT molecular complexity index is 1030. The highest BCUT2D eigenvalue weighted by atomic mass is 16.5. The lowest BCUT2D eigenvalue weighted by Gasteiger charge is -2.18. The molecular formula is C24H24N2O4. The molecular weight excluding hydrogens is 380 g/mol. The number of amides is 1. The first-order valence-electron chi connectivity index (χ1n) is 10.1. The van der Waals surface area contributed by atoms with Gasteiger partial charge in [-0.3, -0.25) is 0 Å². The number of rotatable bonds is 7. The van der Waals surface area contributed by atoms with Crippen molar-refractivity contribution in [3.8, 4) is 11.1 Å². The fraction of sp³-hybridized carbons (Fsp3) is 0.250. The van der Waals surface area contributed by atoms with Gasteiger partial charge in [0.05, 0.1) is 0 Å². The first-order chi connectivity index (χ1) is 14.6. The Morgan fingerprint density at radius 3 is 2.27 bits per heavy atom. The van der Waals surface area contributed by atoms with E-state index in [0.717, 1.165) is 34.5 Å². The molecule has 4 rings (SSSR count). The summed E-state index contributed by atoms with van der Waals surface area (Å²) in [6, 6.07) is 18.8. The number of nitrogens with one attached hydrogen (secondary N) is 1. The molecule has 1 aromatic heterocycles. The van der Waals surface area contributed by atoms with Gasteiger partial charge < -0.3 is 19.7 Å². The number of hydrogen-bond acceptors (Lipinski definition) is 3. The second-order valence-electron chi connectivity index (χ2n) is 7.35. The van der Waals surface area contributed by atoms with Crippen molar-refractivity contribution in [2.45, 2.75) is 31.8 Å². The summed E-state index contributed by atoms with van der Waals surface area (Å²) in [7, 11) is 0. The van der Waals surface area contributed by atoms with Crippen LogP contribution in [-0.4, -0.2) is 34.4 Å². The van der Waals surface area contributed by atoms with E-state index in [4.69, 9.17) is 4.74 Å². The second kappa shape index (κ2) is 8.45. The van der Waals surface area contributed by atoms with Crippen molar-refractivity contribution in [1.29, 1.82) is 0 Å². The molecule has 1 aliphatic rings. The molecule has 0 bridgehead atoms. The van der Waals surface area contributed by atoms with E-state index < -0.39 is 18.1 Å². The zero-order valence-corrected chi connectivity index (χ0v) is 16.7. The molecule has 0 fully saturated rings. The molecule has 0 saturated carbocycles. The molecule has 0 spiro atoms. The Hall–Kier alpha value is -3.54. The molecule has 154 valence electrons. The number of alkyl carbamates (subject to hydrolysis) is 1. The maximum absolute atomic E-state index is 12.4. The lowest BCUT2D eigenvalue weighted by molar-refractivity contribution is -0.139. The summed E-state index contributed by atoms with van der Waals surface area (Å²) < 4.78 is 7.43. The van der Waals surface area contributed by atoms with Crippen LogP contribution in [0.5, 0.6) is 0 Å². The molecule has 6 nitrogen and oxygen atoms in total. The molecule has 0 saturated heterocycles. The van der Waals surface area contributed by atoms with E-state index in [1.807, 2.05) is 66.2 Å². The number of carboxylic acid groups (broad SMARTS) is 1. The highest BCUT2D eigenvalue weighted by Gasteiger charge is 2.30. The van der Waals surface area contributed by atoms with Gasteiger partial charge in [0.2, 0.25) is 0 Å². The average molecular weight is 404 g/mol. The van der Waals surface area contributed by atoms with Gasteiger partial charge in [-0.1, -0.05) is 48.5 Å². The summed E-state index contributed by atoms with van der Waals surface area (Å²) >= 11 is 0. The van der Waals surface area contributed by atoms with Crippen molar-refractivity contribution >= 4 is 12.1 Å². The molecule has 1 unspecified atom stereocenters. The third kappa shape index (κ3) is 3.81. The summed E-state index contributed by atoms with van der Waals surface area (Å²) in [5.74, 6) is -1.16. The van der Waals surface area contributed by atoms with E-state index in [1.54, 1.807) is 0 Å².